The highest BCUT2D eigenvalue weighted by atomic mass is 16.5. The van der Waals surface area contributed by atoms with Gasteiger partial charge >= 0.3 is 5.97 Å². The smallest absolute Gasteiger partial charge is 0.305 e. The molecule has 0 bridgehead atoms. The fraction of sp³-hybridized carbons (Fsp3) is 0.378. The van der Waals surface area contributed by atoms with Crippen LogP contribution < -0.4 is 39.0 Å². The van der Waals surface area contributed by atoms with E-state index in [0.717, 1.165) is 54.0 Å². The Hall–Kier alpha value is -6.24. The minimum atomic E-state index is -0.215. The van der Waals surface area contributed by atoms with Crippen molar-refractivity contribution in [3.05, 3.63) is 89.0 Å². The maximum Gasteiger partial charge on any atom is 0.305 e. The van der Waals surface area contributed by atoms with Gasteiger partial charge in [0, 0.05) is 68.4 Å². The van der Waals surface area contributed by atoms with Crippen molar-refractivity contribution in [3.8, 4) is 23.0 Å². The number of benzene rings is 4. The van der Waals surface area contributed by atoms with Crippen LogP contribution in [0.4, 0.5) is 28.4 Å². The van der Waals surface area contributed by atoms with E-state index in [1.165, 1.54) is 12.7 Å². The molecule has 4 aliphatic heterocycles. The summed E-state index contributed by atoms with van der Waals surface area (Å²) in [6.45, 7) is 2.27. The molecule has 0 aromatic heterocycles. The summed E-state index contributed by atoms with van der Waals surface area (Å²) < 4.78 is 28.5. The molecule has 2 amide bonds. The molecule has 0 saturated carbocycles. The molecule has 0 fully saturated rings. The number of carbonyl (C=O) groups excluding carboxylic acids is 3. The number of rotatable bonds is 15. The number of methoxy groups -OCH3 is 3. The van der Waals surface area contributed by atoms with Crippen molar-refractivity contribution < 1.29 is 38.1 Å². The molecule has 0 unspecified atom stereocenters. The van der Waals surface area contributed by atoms with Gasteiger partial charge in [0.2, 0.25) is 0 Å². The van der Waals surface area contributed by atoms with Crippen molar-refractivity contribution in [3.63, 3.8) is 0 Å². The minimum absolute atomic E-state index is 0.0413. The van der Waals surface area contributed by atoms with E-state index in [-0.39, 0.29) is 29.9 Å². The molecule has 302 valence electrons. The summed E-state index contributed by atoms with van der Waals surface area (Å²) in [7, 11) is 6.55. The Morgan fingerprint density at radius 2 is 1.48 bits per heavy atom. The predicted molar refractivity (Wildman–Crippen MR) is 223 cm³/mol. The number of esters is 1. The molecule has 58 heavy (non-hydrogen) atoms. The average molecular weight is 788 g/mol. The standard InChI is InChI=1S/C45H49N5O8/c1-48(16-10-13-43(51)56-4)30-14-15-38-29(20-30)21-32-27-47-36-25-42(40(55-3)23-34(36)45(53)50(32)38)58-18-9-5-8-17-57-41-24-35-33(22-39(41)54-2)44(52)49-31(26-46-35)19-28-11-6-7-12-37(28)49/h6-7,11-12,14-15,20,22-25,27,31-32,46H,5,8-10,13,16-19,21,26H2,1-4H3/t31-,32-/m0/s1. The highest BCUT2D eigenvalue weighted by Gasteiger charge is 2.39. The van der Waals surface area contributed by atoms with Gasteiger partial charge in [-0.15, -0.1) is 0 Å². The maximum absolute atomic E-state index is 14.1. The van der Waals surface area contributed by atoms with E-state index in [1.807, 2.05) is 59.5 Å². The van der Waals surface area contributed by atoms with Gasteiger partial charge in [-0.25, -0.2) is 0 Å². The number of aliphatic imine (C=N–C) groups is 1. The fourth-order valence-corrected chi connectivity index (χ4v) is 8.33. The molecule has 13 nitrogen and oxygen atoms in total. The van der Waals surface area contributed by atoms with Crippen molar-refractivity contribution >= 4 is 52.4 Å². The van der Waals surface area contributed by atoms with Crippen molar-refractivity contribution in [2.75, 3.05) is 74.7 Å². The number of hydrogen-bond donors (Lipinski definition) is 1. The van der Waals surface area contributed by atoms with Gasteiger partial charge in [-0.3, -0.25) is 24.3 Å². The number of anilines is 4. The molecule has 4 aromatic carbocycles. The number of ether oxygens (including phenoxy) is 5. The molecule has 4 aliphatic rings. The molecule has 0 spiro atoms. The first-order chi connectivity index (χ1) is 28.3. The Balaban J connectivity index is 0.847. The summed E-state index contributed by atoms with van der Waals surface area (Å²) in [5.74, 6) is 1.72. The molecule has 2 atom stereocenters. The Morgan fingerprint density at radius 3 is 2.24 bits per heavy atom. The van der Waals surface area contributed by atoms with Gasteiger partial charge in [0.1, 0.15) is 0 Å². The van der Waals surface area contributed by atoms with Crippen LogP contribution in [0.5, 0.6) is 23.0 Å². The highest BCUT2D eigenvalue weighted by Crippen LogP contribution is 2.43. The first kappa shape index (κ1) is 38.6. The van der Waals surface area contributed by atoms with E-state index < -0.39 is 0 Å². The third-order valence-corrected chi connectivity index (χ3v) is 11.4. The number of para-hydroxylation sites is 1. The van der Waals surface area contributed by atoms with Crippen LogP contribution in [-0.2, 0) is 22.4 Å². The second-order valence-electron chi connectivity index (χ2n) is 15.0. The van der Waals surface area contributed by atoms with Crippen molar-refractivity contribution in [1.82, 2.24) is 0 Å². The second kappa shape index (κ2) is 16.7. The summed E-state index contributed by atoms with van der Waals surface area (Å²) in [5, 5.41) is 3.48. The Labute approximate surface area is 338 Å². The number of unbranched alkanes of at least 4 members (excludes halogenated alkanes) is 2. The van der Waals surface area contributed by atoms with Crippen LogP contribution >= 0.6 is 0 Å². The number of hydrogen-bond acceptors (Lipinski definition) is 11. The first-order valence-electron chi connectivity index (χ1n) is 19.9. The highest BCUT2D eigenvalue weighted by molar-refractivity contribution is 6.15. The molecule has 1 N–H and O–H groups in total. The summed E-state index contributed by atoms with van der Waals surface area (Å²) in [6.07, 6.45) is 6.78. The topological polar surface area (TPSA) is 131 Å². The van der Waals surface area contributed by atoms with Crippen LogP contribution in [0, 0.1) is 0 Å². The molecule has 8 rings (SSSR count). The maximum atomic E-state index is 14.1. The van der Waals surface area contributed by atoms with Crippen molar-refractivity contribution in [2.24, 2.45) is 4.99 Å². The minimum Gasteiger partial charge on any atom is -0.493 e. The van der Waals surface area contributed by atoms with Crippen LogP contribution in [0.2, 0.25) is 0 Å². The van der Waals surface area contributed by atoms with Crippen LogP contribution in [0.15, 0.2) is 71.7 Å². The van der Waals surface area contributed by atoms with E-state index >= 15 is 0 Å². The lowest BCUT2D eigenvalue weighted by Gasteiger charge is -2.23. The first-order valence-corrected chi connectivity index (χ1v) is 19.9. The van der Waals surface area contributed by atoms with Crippen LogP contribution in [-0.4, -0.2) is 90.8 Å². The zero-order chi connectivity index (χ0) is 40.3. The average Bonchev–Trinajstić information content (AvgIpc) is 3.73. The zero-order valence-corrected chi connectivity index (χ0v) is 33.4. The van der Waals surface area contributed by atoms with Crippen LogP contribution in [0.25, 0.3) is 0 Å². The predicted octanol–water partition coefficient (Wildman–Crippen LogP) is 7.01. The molecular formula is C45H49N5O8. The number of fused-ring (bicyclic) bond motifs is 8. The van der Waals surface area contributed by atoms with Gasteiger partial charge in [-0.1, -0.05) is 18.2 Å². The van der Waals surface area contributed by atoms with E-state index in [9.17, 15) is 14.4 Å². The Kier molecular flexibility index (Phi) is 11.1. The summed E-state index contributed by atoms with van der Waals surface area (Å²) in [5.41, 5.74) is 7.43. The molecule has 13 heteroatoms. The van der Waals surface area contributed by atoms with E-state index in [0.29, 0.717) is 85.4 Å². The fourth-order valence-electron chi connectivity index (χ4n) is 8.33. The number of carbonyl (C=O) groups is 3. The van der Waals surface area contributed by atoms with E-state index in [1.54, 1.807) is 32.4 Å². The number of nitrogens with one attached hydrogen (secondary N) is 1. The van der Waals surface area contributed by atoms with E-state index in [4.69, 9.17) is 28.7 Å². The van der Waals surface area contributed by atoms with Crippen LogP contribution in [0.1, 0.15) is 63.9 Å². The third kappa shape index (κ3) is 7.48. The summed E-state index contributed by atoms with van der Waals surface area (Å²) in [6, 6.07) is 21.2. The molecule has 0 aliphatic carbocycles. The quantitative estimate of drug-likeness (QED) is 0.0993. The van der Waals surface area contributed by atoms with Gasteiger partial charge in [0.15, 0.2) is 23.0 Å². The van der Waals surface area contributed by atoms with Crippen molar-refractivity contribution in [1.29, 1.82) is 0 Å². The molecule has 0 radical (unpaired) electrons. The summed E-state index contributed by atoms with van der Waals surface area (Å²) in [4.78, 5) is 49.9. The number of amides is 2. The molecule has 4 aromatic rings. The van der Waals surface area contributed by atoms with Gasteiger partial charge in [-0.2, -0.15) is 0 Å². The summed E-state index contributed by atoms with van der Waals surface area (Å²) >= 11 is 0. The van der Waals surface area contributed by atoms with Gasteiger partial charge in [0.25, 0.3) is 11.8 Å². The lowest BCUT2D eigenvalue weighted by Crippen LogP contribution is -2.39. The SMILES string of the molecule is COC(=O)CCCN(C)c1ccc2c(c1)C[C@H]1C=Nc3cc(OCCCCCOc4cc5c(cc4OC)C(=O)N4c6ccccc6C[C@H]4CN5)c(OC)cc3C(=O)N21. The second-order valence-corrected chi connectivity index (χ2v) is 15.0. The Bertz CT molecular complexity index is 2260. The molecule has 0 saturated heterocycles. The van der Waals surface area contributed by atoms with Gasteiger partial charge < -0.3 is 38.8 Å². The molecule has 4 heterocycles. The normalized spacial score (nSPS) is 17.1. The third-order valence-electron chi connectivity index (χ3n) is 11.4. The van der Waals surface area contributed by atoms with E-state index in [2.05, 4.69) is 22.3 Å². The zero-order valence-electron chi connectivity index (χ0n) is 33.4. The lowest BCUT2D eigenvalue weighted by molar-refractivity contribution is -0.140. The van der Waals surface area contributed by atoms with Gasteiger partial charge in [-0.05, 0) is 79.6 Å². The van der Waals surface area contributed by atoms with Crippen molar-refractivity contribution in [2.45, 2.75) is 57.0 Å². The lowest BCUT2D eigenvalue weighted by atomic mass is 10.1. The van der Waals surface area contributed by atoms with Crippen LogP contribution in [0.3, 0.4) is 0 Å². The largest absolute Gasteiger partial charge is 0.493 e. The number of nitrogens with zero attached hydrogens (tertiary/aromatic N) is 4. The monoisotopic (exact) mass is 787 g/mol. The molecular weight excluding hydrogens is 739 g/mol. The Morgan fingerprint density at radius 1 is 0.776 bits per heavy atom. The van der Waals surface area contributed by atoms with Gasteiger partial charge in [0.05, 0.1) is 69.1 Å².